The van der Waals surface area contributed by atoms with Crippen LogP contribution < -0.4 is 24.8 Å². The fraction of sp³-hybridized carbons (Fsp3) is 0.381. The summed E-state index contributed by atoms with van der Waals surface area (Å²) in [6, 6.07) is 13.8. The van der Waals surface area contributed by atoms with Gasteiger partial charge in [-0.1, -0.05) is 12.1 Å². The summed E-state index contributed by atoms with van der Waals surface area (Å²) in [5.41, 5.74) is 2.08. The molecular formula is C21H30IN3O3. The lowest BCUT2D eigenvalue weighted by Gasteiger charge is -2.14. The molecule has 0 aliphatic heterocycles. The van der Waals surface area contributed by atoms with Gasteiger partial charge in [0.25, 0.3) is 0 Å². The van der Waals surface area contributed by atoms with Crippen LogP contribution in [0.2, 0.25) is 0 Å². The lowest BCUT2D eigenvalue weighted by Crippen LogP contribution is -2.30. The first kappa shape index (κ1) is 23.9. The second kappa shape index (κ2) is 13.1. The van der Waals surface area contributed by atoms with Gasteiger partial charge in [-0.2, -0.15) is 0 Å². The number of nitrogens with one attached hydrogen (secondary N) is 2. The van der Waals surface area contributed by atoms with Crippen molar-refractivity contribution >= 4 is 35.6 Å². The predicted molar refractivity (Wildman–Crippen MR) is 126 cm³/mol. The number of guanidine groups is 1. The molecule has 0 saturated heterocycles. The van der Waals surface area contributed by atoms with Crippen molar-refractivity contribution in [2.24, 2.45) is 4.99 Å². The largest absolute Gasteiger partial charge is 0.497 e. The number of benzene rings is 2. The van der Waals surface area contributed by atoms with Crippen LogP contribution in [0.1, 0.15) is 19.4 Å². The van der Waals surface area contributed by atoms with Crippen LogP contribution in [-0.2, 0) is 6.42 Å². The minimum Gasteiger partial charge on any atom is -0.497 e. The molecule has 2 aromatic rings. The normalized spacial score (nSPS) is 10.6. The molecule has 0 heterocycles. The molecule has 0 atom stereocenters. The van der Waals surface area contributed by atoms with Crippen molar-refractivity contribution in [1.82, 2.24) is 5.32 Å². The Morgan fingerprint density at radius 1 is 1.00 bits per heavy atom. The van der Waals surface area contributed by atoms with E-state index in [1.807, 2.05) is 50.2 Å². The summed E-state index contributed by atoms with van der Waals surface area (Å²) in [7, 11) is 3.31. The van der Waals surface area contributed by atoms with Gasteiger partial charge in [-0.25, -0.2) is 0 Å². The molecule has 0 unspecified atom stereocenters. The summed E-state index contributed by atoms with van der Waals surface area (Å²) in [6.45, 7) is 6.02. The molecule has 0 aliphatic rings. The maximum absolute atomic E-state index is 5.56. The summed E-state index contributed by atoms with van der Waals surface area (Å²) in [5, 5.41) is 6.57. The summed E-state index contributed by atoms with van der Waals surface area (Å²) in [6.07, 6.45) is 0.834. The Hall–Kier alpha value is -2.16. The zero-order valence-corrected chi connectivity index (χ0v) is 19.3. The zero-order valence-electron chi connectivity index (χ0n) is 17.0. The van der Waals surface area contributed by atoms with Crippen molar-refractivity contribution in [3.8, 4) is 17.2 Å². The first-order chi connectivity index (χ1) is 13.2. The lowest BCUT2D eigenvalue weighted by atomic mass is 10.1. The first-order valence-electron chi connectivity index (χ1n) is 9.19. The minimum absolute atomic E-state index is 0. The summed E-state index contributed by atoms with van der Waals surface area (Å²) in [4.78, 5) is 4.66. The maximum Gasteiger partial charge on any atom is 0.195 e. The molecule has 2 aromatic carbocycles. The van der Waals surface area contributed by atoms with Crippen molar-refractivity contribution in [3.05, 3.63) is 48.0 Å². The number of rotatable bonds is 9. The Kier molecular flexibility index (Phi) is 11.2. The van der Waals surface area contributed by atoms with E-state index in [9.17, 15) is 0 Å². The lowest BCUT2D eigenvalue weighted by molar-refractivity contribution is 0.311. The van der Waals surface area contributed by atoms with Gasteiger partial charge in [-0.05, 0) is 50.1 Å². The minimum atomic E-state index is 0. The highest BCUT2D eigenvalue weighted by atomic mass is 127. The van der Waals surface area contributed by atoms with Crippen molar-refractivity contribution in [2.45, 2.75) is 20.3 Å². The van der Waals surface area contributed by atoms with Crippen LogP contribution in [0.4, 0.5) is 5.69 Å². The van der Waals surface area contributed by atoms with E-state index in [0.717, 1.165) is 36.1 Å². The van der Waals surface area contributed by atoms with Crippen molar-refractivity contribution < 1.29 is 14.2 Å². The number of hydrogen-bond donors (Lipinski definition) is 2. The van der Waals surface area contributed by atoms with Gasteiger partial charge in [-0.3, -0.25) is 4.99 Å². The van der Waals surface area contributed by atoms with Crippen molar-refractivity contribution in [1.29, 1.82) is 0 Å². The van der Waals surface area contributed by atoms with Crippen molar-refractivity contribution in [2.75, 3.05) is 39.2 Å². The monoisotopic (exact) mass is 499 g/mol. The average molecular weight is 499 g/mol. The van der Waals surface area contributed by atoms with Crippen molar-refractivity contribution in [3.63, 3.8) is 0 Å². The molecule has 0 fully saturated rings. The van der Waals surface area contributed by atoms with Crippen LogP contribution in [0.5, 0.6) is 17.2 Å². The van der Waals surface area contributed by atoms with Gasteiger partial charge >= 0.3 is 0 Å². The molecule has 0 aliphatic carbocycles. The van der Waals surface area contributed by atoms with E-state index in [4.69, 9.17) is 14.2 Å². The summed E-state index contributed by atoms with van der Waals surface area (Å²) in [5.74, 6) is 3.01. The molecule has 28 heavy (non-hydrogen) atoms. The van der Waals surface area contributed by atoms with Gasteiger partial charge in [0.1, 0.15) is 5.75 Å². The topological polar surface area (TPSA) is 64.1 Å². The van der Waals surface area contributed by atoms with E-state index in [0.29, 0.717) is 18.9 Å². The molecule has 2 rings (SSSR count). The standard InChI is InChI=1S/C21H29N3O3.HI/c1-5-22-21(23-13-12-16-8-7-9-18(14-16)25-3)24-17-10-11-19(27-6-2)20(15-17)26-4;/h7-11,14-15H,5-6,12-13H2,1-4H3,(H2,22,23,24);1H. The molecule has 0 amide bonds. The van der Waals surface area contributed by atoms with E-state index in [1.165, 1.54) is 5.56 Å². The summed E-state index contributed by atoms with van der Waals surface area (Å²) < 4.78 is 16.2. The van der Waals surface area contributed by atoms with E-state index >= 15 is 0 Å². The van der Waals surface area contributed by atoms with E-state index in [-0.39, 0.29) is 24.0 Å². The van der Waals surface area contributed by atoms with Crippen LogP contribution in [-0.4, -0.2) is 39.9 Å². The van der Waals surface area contributed by atoms with E-state index < -0.39 is 0 Å². The van der Waals surface area contributed by atoms with Crippen LogP contribution in [0.15, 0.2) is 47.5 Å². The van der Waals surface area contributed by atoms with E-state index in [1.54, 1.807) is 14.2 Å². The number of anilines is 1. The molecule has 0 bridgehead atoms. The average Bonchev–Trinajstić information content (AvgIpc) is 2.69. The molecule has 6 nitrogen and oxygen atoms in total. The molecule has 0 aromatic heterocycles. The van der Waals surface area contributed by atoms with Crippen LogP contribution >= 0.6 is 24.0 Å². The number of hydrogen-bond acceptors (Lipinski definition) is 4. The van der Waals surface area contributed by atoms with Gasteiger partial charge in [-0.15, -0.1) is 24.0 Å². The molecule has 2 N–H and O–H groups in total. The molecule has 7 heteroatoms. The smallest absolute Gasteiger partial charge is 0.195 e. The third-order valence-corrected chi connectivity index (χ3v) is 3.87. The van der Waals surface area contributed by atoms with Gasteiger partial charge in [0.05, 0.1) is 20.8 Å². The Morgan fingerprint density at radius 2 is 1.82 bits per heavy atom. The third kappa shape index (κ3) is 7.46. The highest BCUT2D eigenvalue weighted by Crippen LogP contribution is 2.30. The number of nitrogens with zero attached hydrogens (tertiary/aromatic N) is 1. The van der Waals surface area contributed by atoms with E-state index in [2.05, 4.69) is 21.7 Å². The molecule has 154 valence electrons. The Labute approximate surface area is 184 Å². The highest BCUT2D eigenvalue weighted by Gasteiger charge is 2.07. The molecular weight excluding hydrogens is 469 g/mol. The Morgan fingerprint density at radius 3 is 2.50 bits per heavy atom. The van der Waals surface area contributed by atoms with Gasteiger partial charge < -0.3 is 24.8 Å². The Balaban J connectivity index is 0.00000392. The van der Waals surface area contributed by atoms with Gasteiger partial charge in [0, 0.05) is 24.8 Å². The first-order valence-corrected chi connectivity index (χ1v) is 9.19. The van der Waals surface area contributed by atoms with Crippen LogP contribution in [0, 0.1) is 0 Å². The maximum atomic E-state index is 5.56. The molecule has 0 spiro atoms. The van der Waals surface area contributed by atoms with Crippen LogP contribution in [0.3, 0.4) is 0 Å². The number of halogens is 1. The fourth-order valence-electron chi connectivity index (χ4n) is 2.59. The number of aliphatic imine (C=N–C) groups is 1. The summed E-state index contributed by atoms with van der Waals surface area (Å²) >= 11 is 0. The predicted octanol–water partition coefficient (Wildman–Crippen LogP) is 4.34. The second-order valence-electron chi connectivity index (χ2n) is 5.79. The Bertz CT molecular complexity index is 753. The van der Waals surface area contributed by atoms with Gasteiger partial charge in [0.2, 0.25) is 0 Å². The third-order valence-electron chi connectivity index (χ3n) is 3.87. The fourth-order valence-corrected chi connectivity index (χ4v) is 2.59. The second-order valence-corrected chi connectivity index (χ2v) is 5.79. The number of ether oxygens (including phenoxy) is 3. The molecule has 0 radical (unpaired) electrons. The van der Waals surface area contributed by atoms with Gasteiger partial charge in [0.15, 0.2) is 17.5 Å². The highest BCUT2D eigenvalue weighted by molar-refractivity contribution is 14.0. The number of methoxy groups -OCH3 is 2. The SMILES string of the molecule is CCNC(=NCCc1cccc(OC)c1)Nc1ccc(OCC)c(OC)c1.I. The molecule has 0 saturated carbocycles. The quantitative estimate of drug-likeness (QED) is 0.306. The van der Waals surface area contributed by atoms with Crippen LogP contribution in [0.25, 0.3) is 0 Å². The zero-order chi connectivity index (χ0) is 19.5.